The third-order valence-corrected chi connectivity index (χ3v) is 4.71. The molecule has 4 heteroatoms. The maximum atomic E-state index is 11.8. The highest BCUT2D eigenvalue weighted by Crippen LogP contribution is 2.25. The lowest BCUT2D eigenvalue weighted by Crippen LogP contribution is -2.21. The summed E-state index contributed by atoms with van der Waals surface area (Å²) < 4.78 is 1.35. The molecule has 1 heterocycles. The summed E-state index contributed by atoms with van der Waals surface area (Å²) in [5, 5.41) is 0. The van der Waals surface area contributed by atoms with Crippen LogP contribution in [0.15, 0.2) is 59.4 Å². The molecule has 134 valence electrons. The first-order valence-electron chi connectivity index (χ1n) is 8.96. The van der Waals surface area contributed by atoms with Gasteiger partial charge >= 0.3 is 0 Å². The Balaban J connectivity index is 1.80. The Kier molecular flexibility index (Phi) is 5.21. The Bertz CT molecular complexity index is 973. The number of hydrogen-bond acceptors (Lipinski definition) is 3. The molecule has 0 unspecified atom stereocenters. The van der Waals surface area contributed by atoms with E-state index < -0.39 is 0 Å². The van der Waals surface area contributed by atoms with Gasteiger partial charge in [0.1, 0.15) is 0 Å². The van der Waals surface area contributed by atoms with E-state index >= 15 is 0 Å². The molecule has 0 fully saturated rings. The van der Waals surface area contributed by atoms with Crippen molar-refractivity contribution >= 4 is 5.95 Å². The maximum absolute atomic E-state index is 11.8. The van der Waals surface area contributed by atoms with Gasteiger partial charge in [-0.15, -0.1) is 0 Å². The SMILES string of the molecule is CC(C)c1cccc(-c2cccc(CCc3cc(=O)n(C)c(N)n3)c2)c1. The van der Waals surface area contributed by atoms with E-state index in [9.17, 15) is 4.79 Å². The summed E-state index contributed by atoms with van der Waals surface area (Å²) in [7, 11) is 1.63. The van der Waals surface area contributed by atoms with Crippen LogP contribution in [-0.4, -0.2) is 9.55 Å². The second-order valence-electron chi connectivity index (χ2n) is 6.98. The van der Waals surface area contributed by atoms with Gasteiger partial charge in [0.25, 0.3) is 5.56 Å². The van der Waals surface area contributed by atoms with Crippen LogP contribution < -0.4 is 11.3 Å². The summed E-state index contributed by atoms with van der Waals surface area (Å²) in [6.45, 7) is 4.41. The van der Waals surface area contributed by atoms with Crippen molar-refractivity contribution in [2.24, 2.45) is 7.05 Å². The van der Waals surface area contributed by atoms with Crippen molar-refractivity contribution in [1.29, 1.82) is 0 Å². The van der Waals surface area contributed by atoms with Crippen LogP contribution in [0.5, 0.6) is 0 Å². The van der Waals surface area contributed by atoms with Crippen molar-refractivity contribution < 1.29 is 0 Å². The molecule has 0 radical (unpaired) electrons. The predicted octanol–water partition coefficient (Wildman–Crippen LogP) is 3.94. The molecule has 1 aromatic heterocycles. The average molecular weight is 347 g/mol. The van der Waals surface area contributed by atoms with E-state index in [2.05, 4.69) is 67.4 Å². The summed E-state index contributed by atoms with van der Waals surface area (Å²) in [4.78, 5) is 16.1. The Morgan fingerprint density at radius 1 is 1.00 bits per heavy atom. The molecule has 0 amide bonds. The highest BCUT2D eigenvalue weighted by molar-refractivity contribution is 5.65. The van der Waals surface area contributed by atoms with Crippen molar-refractivity contribution in [3.8, 4) is 11.1 Å². The fourth-order valence-electron chi connectivity index (χ4n) is 2.99. The van der Waals surface area contributed by atoms with E-state index in [4.69, 9.17) is 5.73 Å². The van der Waals surface area contributed by atoms with Crippen LogP contribution in [-0.2, 0) is 19.9 Å². The lowest BCUT2D eigenvalue weighted by Gasteiger charge is -2.10. The Morgan fingerprint density at radius 3 is 2.38 bits per heavy atom. The molecule has 2 aromatic carbocycles. The van der Waals surface area contributed by atoms with Crippen LogP contribution in [0.25, 0.3) is 11.1 Å². The van der Waals surface area contributed by atoms with Gasteiger partial charge in [0.2, 0.25) is 5.95 Å². The maximum Gasteiger partial charge on any atom is 0.254 e. The minimum absolute atomic E-state index is 0.119. The summed E-state index contributed by atoms with van der Waals surface area (Å²) >= 11 is 0. The zero-order valence-electron chi connectivity index (χ0n) is 15.6. The predicted molar refractivity (Wildman–Crippen MR) is 107 cm³/mol. The summed E-state index contributed by atoms with van der Waals surface area (Å²) in [6.07, 6.45) is 1.51. The van der Waals surface area contributed by atoms with E-state index in [0.29, 0.717) is 12.3 Å². The van der Waals surface area contributed by atoms with Gasteiger partial charge in [-0.25, -0.2) is 4.98 Å². The number of nitrogen functional groups attached to an aromatic ring is 1. The molecule has 0 bridgehead atoms. The van der Waals surface area contributed by atoms with Crippen LogP contribution in [0.1, 0.15) is 36.6 Å². The number of aromatic nitrogens is 2. The number of hydrogen-bond donors (Lipinski definition) is 1. The topological polar surface area (TPSA) is 60.9 Å². The largest absolute Gasteiger partial charge is 0.369 e. The molecule has 0 saturated heterocycles. The Labute approximate surface area is 154 Å². The normalized spacial score (nSPS) is 11.1. The lowest BCUT2D eigenvalue weighted by atomic mass is 9.96. The highest BCUT2D eigenvalue weighted by atomic mass is 16.1. The number of aryl methyl sites for hydroxylation is 2. The summed E-state index contributed by atoms with van der Waals surface area (Å²) in [6, 6.07) is 18.8. The molecule has 0 saturated carbocycles. The second kappa shape index (κ2) is 7.56. The average Bonchev–Trinajstić information content (AvgIpc) is 2.64. The number of nitrogens with zero attached hydrogens (tertiary/aromatic N) is 2. The van der Waals surface area contributed by atoms with Crippen molar-refractivity contribution in [3.63, 3.8) is 0 Å². The van der Waals surface area contributed by atoms with Crippen LogP contribution in [0.4, 0.5) is 5.95 Å². The van der Waals surface area contributed by atoms with Crippen molar-refractivity contribution in [1.82, 2.24) is 9.55 Å². The van der Waals surface area contributed by atoms with E-state index in [-0.39, 0.29) is 11.5 Å². The highest BCUT2D eigenvalue weighted by Gasteiger charge is 2.06. The van der Waals surface area contributed by atoms with Gasteiger partial charge in [-0.1, -0.05) is 62.4 Å². The first-order valence-corrected chi connectivity index (χ1v) is 8.96. The number of rotatable bonds is 5. The third kappa shape index (κ3) is 4.02. The smallest absolute Gasteiger partial charge is 0.254 e. The summed E-state index contributed by atoms with van der Waals surface area (Å²) in [5.41, 5.74) is 11.4. The Morgan fingerprint density at radius 2 is 1.69 bits per heavy atom. The number of nitrogens with two attached hydrogens (primary N) is 1. The van der Waals surface area contributed by atoms with E-state index in [0.717, 1.165) is 12.1 Å². The number of benzene rings is 2. The van der Waals surface area contributed by atoms with Crippen molar-refractivity contribution in [3.05, 3.63) is 81.8 Å². The molecule has 0 aliphatic heterocycles. The van der Waals surface area contributed by atoms with Crippen LogP contribution >= 0.6 is 0 Å². The molecule has 4 nitrogen and oxygen atoms in total. The number of anilines is 1. The van der Waals surface area contributed by atoms with Gasteiger partial charge in [0.05, 0.1) is 5.69 Å². The molecule has 0 aliphatic rings. The van der Waals surface area contributed by atoms with Gasteiger partial charge in [-0.2, -0.15) is 0 Å². The molecule has 26 heavy (non-hydrogen) atoms. The lowest BCUT2D eigenvalue weighted by molar-refractivity contribution is 0.806. The summed E-state index contributed by atoms with van der Waals surface area (Å²) in [5.74, 6) is 0.766. The molecule has 3 rings (SSSR count). The van der Waals surface area contributed by atoms with Crippen LogP contribution in [0, 0.1) is 0 Å². The van der Waals surface area contributed by atoms with E-state index in [1.807, 2.05) is 0 Å². The van der Waals surface area contributed by atoms with Gasteiger partial charge in [-0.05, 0) is 41.0 Å². The quantitative estimate of drug-likeness (QED) is 0.760. The van der Waals surface area contributed by atoms with E-state index in [1.54, 1.807) is 13.1 Å². The molecule has 0 spiro atoms. The fourth-order valence-corrected chi connectivity index (χ4v) is 2.99. The van der Waals surface area contributed by atoms with Gasteiger partial charge in [-0.3, -0.25) is 9.36 Å². The molecule has 3 aromatic rings. The standard InChI is InChI=1S/C22H25N3O/c1-15(2)17-7-5-9-19(13-17)18-8-4-6-16(12-18)10-11-20-14-21(26)25(3)22(23)24-20/h4-9,12-15H,10-11H2,1-3H3,(H2,23,24). The van der Waals surface area contributed by atoms with Crippen molar-refractivity contribution in [2.45, 2.75) is 32.6 Å². The molecular weight excluding hydrogens is 322 g/mol. The van der Waals surface area contributed by atoms with Crippen LogP contribution in [0.2, 0.25) is 0 Å². The van der Waals surface area contributed by atoms with E-state index in [1.165, 1.54) is 26.8 Å². The zero-order valence-corrected chi connectivity index (χ0v) is 15.6. The monoisotopic (exact) mass is 347 g/mol. The third-order valence-electron chi connectivity index (χ3n) is 4.71. The Hall–Kier alpha value is -2.88. The first-order chi connectivity index (χ1) is 12.4. The molecule has 2 N–H and O–H groups in total. The van der Waals surface area contributed by atoms with Crippen molar-refractivity contribution in [2.75, 3.05) is 5.73 Å². The molecular formula is C22H25N3O. The first kappa shape index (κ1) is 17.9. The van der Waals surface area contributed by atoms with Gasteiger partial charge < -0.3 is 5.73 Å². The zero-order chi connectivity index (χ0) is 18.7. The van der Waals surface area contributed by atoms with Gasteiger partial charge in [0, 0.05) is 13.1 Å². The van der Waals surface area contributed by atoms with Gasteiger partial charge in [0.15, 0.2) is 0 Å². The molecule has 0 atom stereocenters. The fraction of sp³-hybridized carbons (Fsp3) is 0.273. The minimum Gasteiger partial charge on any atom is -0.369 e. The minimum atomic E-state index is -0.119. The van der Waals surface area contributed by atoms with Crippen LogP contribution in [0.3, 0.4) is 0 Å². The second-order valence-corrected chi connectivity index (χ2v) is 6.98. The molecule has 0 aliphatic carbocycles.